The average molecular weight is 166 g/mol. The second kappa shape index (κ2) is 3.23. The Bertz CT molecular complexity index is 266. The Hall–Kier alpha value is -0.900. The van der Waals surface area contributed by atoms with Crippen molar-refractivity contribution < 1.29 is 0 Å². The first kappa shape index (κ1) is 7.73. The molecule has 1 aliphatic heterocycles. The Balaban J connectivity index is 2.11. The highest BCUT2D eigenvalue weighted by molar-refractivity contribution is 5.00. The Morgan fingerprint density at radius 1 is 1.50 bits per heavy atom. The molecule has 66 valence electrons. The van der Waals surface area contributed by atoms with Crippen molar-refractivity contribution in [2.75, 3.05) is 13.6 Å². The SMILES string of the molecule is CNCCc1nnc2n1CCC2. The van der Waals surface area contributed by atoms with E-state index in [-0.39, 0.29) is 0 Å². The highest BCUT2D eigenvalue weighted by atomic mass is 15.3. The van der Waals surface area contributed by atoms with Gasteiger partial charge in [-0.15, -0.1) is 10.2 Å². The predicted molar refractivity (Wildman–Crippen MR) is 46.0 cm³/mol. The molecule has 1 aromatic rings. The van der Waals surface area contributed by atoms with Crippen molar-refractivity contribution in [2.45, 2.75) is 25.8 Å². The van der Waals surface area contributed by atoms with Crippen LogP contribution in [0.25, 0.3) is 0 Å². The quantitative estimate of drug-likeness (QED) is 0.686. The summed E-state index contributed by atoms with van der Waals surface area (Å²) in [5.74, 6) is 2.30. The molecule has 0 fully saturated rings. The number of likely N-dealkylation sites (N-methyl/N-ethyl adjacent to an activating group) is 1. The van der Waals surface area contributed by atoms with Crippen molar-refractivity contribution in [3.8, 4) is 0 Å². The van der Waals surface area contributed by atoms with E-state index in [1.165, 1.54) is 12.2 Å². The largest absolute Gasteiger partial charge is 0.319 e. The van der Waals surface area contributed by atoms with Crippen molar-refractivity contribution in [3.63, 3.8) is 0 Å². The molecule has 1 N–H and O–H groups in total. The van der Waals surface area contributed by atoms with Gasteiger partial charge in [-0.05, 0) is 13.5 Å². The molecule has 0 bridgehead atoms. The summed E-state index contributed by atoms with van der Waals surface area (Å²) < 4.78 is 2.25. The fourth-order valence-electron chi connectivity index (χ4n) is 1.63. The van der Waals surface area contributed by atoms with Crippen LogP contribution >= 0.6 is 0 Å². The zero-order valence-electron chi connectivity index (χ0n) is 7.38. The second-order valence-corrected chi connectivity index (χ2v) is 3.14. The molecule has 1 aromatic heterocycles. The third-order valence-corrected chi connectivity index (χ3v) is 2.28. The van der Waals surface area contributed by atoms with Gasteiger partial charge in [-0.25, -0.2) is 0 Å². The summed E-state index contributed by atoms with van der Waals surface area (Å²) in [4.78, 5) is 0. The van der Waals surface area contributed by atoms with E-state index in [0.717, 1.165) is 31.8 Å². The molecule has 12 heavy (non-hydrogen) atoms. The number of aryl methyl sites for hydroxylation is 1. The minimum absolute atomic E-state index is 0.984. The van der Waals surface area contributed by atoms with E-state index in [1.54, 1.807) is 0 Å². The summed E-state index contributed by atoms with van der Waals surface area (Å²) in [5.41, 5.74) is 0. The summed E-state index contributed by atoms with van der Waals surface area (Å²) in [6.07, 6.45) is 3.33. The molecule has 1 aliphatic rings. The Morgan fingerprint density at radius 2 is 2.42 bits per heavy atom. The fraction of sp³-hybridized carbons (Fsp3) is 0.750. The Kier molecular flexibility index (Phi) is 2.08. The first-order chi connectivity index (χ1) is 5.92. The van der Waals surface area contributed by atoms with Gasteiger partial charge in [0.2, 0.25) is 0 Å². The molecular formula is C8H14N4. The van der Waals surface area contributed by atoms with Crippen LogP contribution in [0.4, 0.5) is 0 Å². The van der Waals surface area contributed by atoms with Gasteiger partial charge in [0.05, 0.1) is 0 Å². The van der Waals surface area contributed by atoms with Gasteiger partial charge in [0.25, 0.3) is 0 Å². The van der Waals surface area contributed by atoms with Crippen LogP contribution in [0.15, 0.2) is 0 Å². The molecule has 0 amide bonds. The zero-order chi connectivity index (χ0) is 8.39. The normalized spacial score (nSPS) is 15.1. The standard InChI is InChI=1S/C8H14N4/c1-9-5-4-8-11-10-7-3-2-6-12(7)8/h9H,2-6H2,1H3. The van der Waals surface area contributed by atoms with Gasteiger partial charge in [-0.3, -0.25) is 0 Å². The highest BCUT2D eigenvalue weighted by Crippen LogP contribution is 2.13. The van der Waals surface area contributed by atoms with Crippen LogP contribution < -0.4 is 5.32 Å². The Morgan fingerprint density at radius 3 is 3.25 bits per heavy atom. The monoisotopic (exact) mass is 166 g/mol. The molecule has 0 aliphatic carbocycles. The maximum Gasteiger partial charge on any atom is 0.134 e. The lowest BCUT2D eigenvalue weighted by molar-refractivity contribution is 0.661. The number of nitrogens with one attached hydrogen (secondary N) is 1. The van der Waals surface area contributed by atoms with Gasteiger partial charge < -0.3 is 9.88 Å². The zero-order valence-corrected chi connectivity index (χ0v) is 7.38. The van der Waals surface area contributed by atoms with E-state index < -0.39 is 0 Å². The predicted octanol–water partition coefficient (Wildman–Crippen LogP) is -0.0138. The summed E-state index contributed by atoms with van der Waals surface area (Å²) in [6.45, 7) is 2.10. The molecular weight excluding hydrogens is 152 g/mol. The lowest BCUT2D eigenvalue weighted by Crippen LogP contribution is -2.13. The number of aromatic nitrogens is 3. The molecule has 0 spiro atoms. The van der Waals surface area contributed by atoms with Crippen LogP contribution in [-0.2, 0) is 19.4 Å². The van der Waals surface area contributed by atoms with Gasteiger partial charge in [0, 0.05) is 25.9 Å². The van der Waals surface area contributed by atoms with Crippen molar-refractivity contribution >= 4 is 0 Å². The van der Waals surface area contributed by atoms with E-state index in [9.17, 15) is 0 Å². The van der Waals surface area contributed by atoms with Crippen molar-refractivity contribution in [1.29, 1.82) is 0 Å². The molecule has 0 unspecified atom stereocenters. The Labute approximate surface area is 72.0 Å². The smallest absolute Gasteiger partial charge is 0.134 e. The van der Waals surface area contributed by atoms with Gasteiger partial charge >= 0.3 is 0 Å². The molecule has 0 radical (unpaired) electrons. The molecule has 4 nitrogen and oxygen atoms in total. The van der Waals surface area contributed by atoms with Crippen molar-refractivity contribution in [1.82, 2.24) is 20.1 Å². The van der Waals surface area contributed by atoms with Gasteiger partial charge in [-0.2, -0.15) is 0 Å². The topological polar surface area (TPSA) is 42.7 Å². The maximum absolute atomic E-state index is 4.15. The van der Waals surface area contributed by atoms with Crippen molar-refractivity contribution in [3.05, 3.63) is 11.6 Å². The number of hydrogen-bond acceptors (Lipinski definition) is 3. The van der Waals surface area contributed by atoms with E-state index in [1.807, 2.05) is 7.05 Å². The maximum atomic E-state index is 4.15. The van der Waals surface area contributed by atoms with E-state index in [2.05, 4.69) is 20.1 Å². The first-order valence-corrected chi connectivity index (χ1v) is 4.47. The first-order valence-electron chi connectivity index (χ1n) is 4.47. The van der Waals surface area contributed by atoms with E-state index in [0.29, 0.717) is 0 Å². The molecule has 2 rings (SSSR count). The summed E-state index contributed by atoms with van der Waals surface area (Å²) in [7, 11) is 1.96. The molecule has 2 heterocycles. The highest BCUT2D eigenvalue weighted by Gasteiger charge is 2.15. The van der Waals surface area contributed by atoms with Crippen LogP contribution in [0, 0.1) is 0 Å². The molecule has 0 saturated carbocycles. The van der Waals surface area contributed by atoms with Crippen LogP contribution in [0.1, 0.15) is 18.1 Å². The average Bonchev–Trinajstić information content (AvgIpc) is 2.62. The number of hydrogen-bond donors (Lipinski definition) is 1. The van der Waals surface area contributed by atoms with Crippen molar-refractivity contribution in [2.24, 2.45) is 0 Å². The third-order valence-electron chi connectivity index (χ3n) is 2.28. The van der Waals surface area contributed by atoms with Crippen LogP contribution in [0.3, 0.4) is 0 Å². The fourth-order valence-corrected chi connectivity index (χ4v) is 1.63. The van der Waals surface area contributed by atoms with Crippen LogP contribution in [-0.4, -0.2) is 28.4 Å². The van der Waals surface area contributed by atoms with E-state index in [4.69, 9.17) is 0 Å². The minimum Gasteiger partial charge on any atom is -0.319 e. The number of rotatable bonds is 3. The van der Waals surface area contributed by atoms with E-state index >= 15 is 0 Å². The number of nitrogens with zero attached hydrogens (tertiary/aromatic N) is 3. The van der Waals surface area contributed by atoms with Crippen LogP contribution in [0.2, 0.25) is 0 Å². The molecule has 0 aromatic carbocycles. The van der Waals surface area contributed by atoms with Gasteiger partial charge in [0.15, 0.2) is 0 Å². The molecule has 0 saturated heterocycles. The lowest BCUT2D eigenvalue weighted by Gasteiger charge is -2.00. The number of fused-ring (bicyclic) bond motifs is 1. The second-order valence-electron chi connectivity index (χ2n) is 3.14. The molecule has 4 heteroatoms. The summed E-state index contributed by atoms with van der Waals surface area (Å²) >= 11 is 0. The molecule has 0 atom stereocenters. The minimum atomic E-state index is 0.984. The lowest BCUT2D eigenvalue weighted by atomic mass is 10.4. The van der Waals surface area contributed by atoms with Crippen LogP contribution in [0.5, 0.6) is 0 Å². The summed E-state index contributed by atoms with van der Waals surface area (Å²) in [6, 6.07) is 0. The van der Waals surface area contributed by atoms with Gasteiger partial charge in [0.1, 0.15) is 11.6 Å². The van der Waals surface area contributed by atoms with Gasteiger partial charge in [-0.1, -0.05) is 0 Å². The third kappa shape index (κ3) is 1.22. The summed E-state index contributed by atoms with van der Waals surface area (Å²) in [5, 5.41) is 11.4.